The third kappa shape index (κ3) is 3.56. The Balaban J connectivity index is 1.88. The largest absolute Gasteiger partial charge is 0.378 e. The Morgan fingerprint density at radius 3 is 2.90 bits per heavy atom. The number of rotatable bonds is 7. The number of methoxy groups -OCH3 is 1. The van der Waals surface area contributed by atoms with Gasteiger partial charge in [-0.05, 0) is 32.7 Å². The van der Waals surface area contributed by atoms with Crippen LogP contribution in [0.2, 0.25) is 0 Å². The molecule has 1 aromatic heterocycles. The number of hydrogen-bond donors (Lipinski definition) is 2. The highest BCUT2D eigenvalue weighted by Crippen LogP contribution is 2.38. The molecule has 2 rings (SSSR count). The molecule has 1 amide bonds. The van der Waals surface area contributed by atoms with E-state index in [9.17, 15) is 4.79 Å². The van der Waals surface area contributed by atoms with Gasteiger partial charge in [-0.3, -0.25) is 4.79 Å². The summed E-state index contributed by atoms with van der Waals surface area (Å²) < 4.78 is 5.47. The second-order valence-corrected chi connectivity index (χ2v) is 6.18. The van der Waals surface area contributed by atoms with Crippen LogP contribution in [0.1, 0.15) is 51.3 Å². The van der Waals surface area contributed by atoms with E-state index in [1.54, 1.807) is 7.11 Å². The smallest absolute Gasteiger partial charge is 0.229 e. The van der Waals surface area contributed by atoms with E-state index in [-0.39, 0.29) is 17.6 Å². The van der Waals surface area contributed by atoms with Crippen molar-refractivity contribution in [3.63, 3.8) is 0 Å². The van der Waals surface area contributed by atoms with Crippen LogP contribution in [-0.4, -0.2) is 30.1 Å². The highest BCUT2D eigenvalue weighted by Gasteiger charge is 2.39. The summed E-state index contributed by atoms with van der Waals surface area (Å²) in [6.45, 7) is 5.03. The predicted octanol–water partition coefficient (Wildman–Crippen LogP) is 2.71. The number of hydrogen-bond acceptors (Lipinski definition) is 5. The maximum Gasteiger partial charge on any atom is 0.229 e. The van der Waals surface area contributed by atoms with E-state index in [1.165, 1.54) is 11.3 Å². The number of thiazole rings is 1. The number of aromatic nitrogens is 1. The van der Waals surface area contributed by atoms with Crippen molar-refractivity contribution in [1.82, 2.24) is 10.3 Å². The lowest BCUT2D eigenvalue weighted by Crippen LogP contribution is -2.42. The van der Waals surface area contributed by atoms with Crippen LogP contribution in [0, 0.1) is 0 Å². The van der Waals surface area contributed by atoms with Gasteiger partial charge in [0.25, 0.3) is 0 Å². The first-order chi connectivity index (χ1) is 9.58. The zero-order chi connectivity index (χ0) is 14.6. The van der Waals surface area contributed by atoms with Gasteiger partial charge in [0.05, 0.1) is 17.7 Å². The van der Waals surface area contributed by atoms with Crippen molar-refractivity contribution in [2.45, 2.75) is 51.2 Å². The summed E-state index contributed by atoms with van der Waals surface area (Å²) in [5, 5.41) is 8.84. The minimum absolute atomic E-state index is 0.0106. The number of ether oxygens (including phenoxy) is 1. The number of amides is 1. The SMILES string of the molecule is CCNC(C)c1csc(NC(=O)CC2(OC)CCC2)n1. The molecule has 1 unspecified atom stereocenters. The van der Waals surface area contributed by atoms with Crippen molar-refractivity contribution in [3.05, 3.63) is 11.1 Å². The van der Waals surface area contributed by atoms with Gasteiger partial charge in [-0.25, -0.2) is 4.98 Å². The average Bonchev–Trinajstić information content (AvgIpc) is 2.82. The summed E-state index contributed by atoms with van der Waals surface area (Å²) in [5.74, 6) is -0.0106. The fraction of sp³-hybridized carbons (Fsp3) is 0.714. The van der Waals surface area contributed by atoms with Gasteiger partial charge in [-0.2, -0.15) is 0 Å². The van der Waals surface area contributed by atoms with E-state index in [0.717, 1.165) is 31.5 Å². The summed E-state index contributed by atoms with van der Waals surface area (Å²) in [6.07, 6.45) is 3.50. The molecule has 0 spiro atoms. The minimum atomic E-state index is -0.235. The molecular weight excluding hydrogens is 274 g/mol. The quantitative estimate of drug-likeness (QED) is 0.812. The molecule has 1 aliphatic rings. The number of nitrogens with zero attached hydrogens (tertiary/aromatic N) is 1. The van der Waals surface area contributed by atoms with Crippen molar-refractivity contribution in [2.75, 3.05) is 19.0 Å². The van der Waals surface area contributed by atoms with Crippen molar-refractivity contribution in [3.8, 4) is 0 Å². The molecule has 6 heteroatoms. The minimum Gasteiger partial charge on any atom is -0.378 e. The molecule has 2 N–H and O–H groups in total. The molecule has 0 bridgehead atoms. The molecule has 1 heterocycles. The van der Waals surface area contributed by atoms with Gasteiger partial charge in [0.15, 0.2) is 5.13 Å². The Morgan fingerprint density at radius 2 is 2.35 bits per heavy atom. The zero-order valence-corrected chi connectivity index (χ0v) is 13.2. The van der Waals surface area contributed by atoms with Crippen LogP contribution in [-0.2, 0) is 9.53 Å². The number of nitrogens with one attached hydrogen (secondary N) is 2. The lowest BCUT2D eigenvalue weighted by atomic mass is 9.77. The molecule has 0 radical (unpaired) electrons. The molecule has 5 nitrogen and oxygen atoms in total. The Morgan fingerprint density at radius 1 is 1.60 bits per heavy atom. The first-order valence-corrected chi connectivity index (χ1v) is 8.00. The monoisotopic (exact) mass is 297 g/mol. The van der Waals surface area contributed by atoms with Gasteiger partial charge in [-0.15, -0.1) is 11.3 Å². The molecular formula is C14H23N3O2S. The summed E-state index contributed by atoms with van der Waals surface area (Å²) in [7, 11) is 1.69. The maximum atomic E-state index is 12.0. The second-order valence-electron chi connectivity index (χ2n) is 5.32. The van der Waals surface area contributed by atoms with Gasteiger partial charge < -0.3 is 15.4 Å². The second kappa shape index (κ2) is 6.65. The molecule has 0 aliphatic heterocycles. The van der Waals surface area contributed by atoms with E-state index >= 15 is 0 Å². The van der Waals surface area contributed by atoms with Crippen LogP contribution in [0.15, 0.2) is 5.38 Å². The van der Waals surface area contributed by atoms with Gasteiger partial charge in [0, 0.05) is 18.5 Å². The molecule has 1 saturated carbocycles. The van der Waals surface area contributed by atoms with Gasteiger partial charge >= 0.3 is 0 Å². The molecule has 1 atom stereocenters. The van der Waals surface area contributed by atoms with Gasteiger partial charge in [0.1, 0.15) is 0 Å². The van der Waals surface area contributed by atoms with E-state index in [1.807, 2.05) is 5.38 Å². The first kappa shape index (κ1) is 15.4. The molecule has 1 aromatic rings. The van der Waals surface area contributed by atoms with Crippen LogP contribution >= 0.6 is 11.3 Å². The summed E-state index contributed by atoms with van der Waals surface area (Å²) >= 11 is 1.47. The maximum absolute atomic E-state index is 12.0. The molecule has 0 aromatic carbocycles. The summed E-state index contributed by atoms with van der Waals surface area (Å²) in [5.41, 5.74) is 0.735. The highest BCUT2D eigenvalue weighted by atomic mass is 32.1. The normalized spacial score (nSPS) is 18.4. The molecule has 1 fully saturated rings. The van der Waals surface area contributed by atoms with Crippen molar-refractivity contribution in [2.24, 2.45) is 0 Å². The average molecular weight is 297 g/mol. The van der Waals surface area contributed by atoms with Crippen molar-refractivity contribution >= 4 is 22.4 Å². The molecule has 0 saturated heterocycles. The lowest BCUT2D eigenvalue weighted by Gasteiger charge is -2.39. The van der Waals surface area contributed by atoms with Crippen molar-refractivity contribution in [1.29, 1.82) is 0 Å². The van der Waals surface area contributed by atoms with Crippen LogP contribution in [0.3, 0.4) is 0 Å². The number of carbonyl (C=O) groups excluding carboxylic acids is 1. The van der Waals surface area contributed by atoms with E-state index in [0.29, 0.717) is 11.6 Å². The Labute approximate surface area is 124 Å². The van der Waals surface area contributed by atoms with Crippen LogP contribution < -0.4 is 10.6 Å². The Bertz CT molecular complexity index is 452. The third-order valence-corrected chi connectivity index (χ3v) is 4.68. The molecule has 112 valence electrons. The number of anilines is 1. The third-order valence-electron chi connectivity index (χ3n) is 3.90. The van der Waals surface area contributed by atoms with E-state index in [2.05, 4.69) is 29.5 Å². The Hall–Kier alpha value is -0.980. The number of carbonyl (C=O) groups is 1. The van der Waals surface area contributed by atoms with Gasteiger partial charge in [0.2, 0.25) is 5.91 Å². The Kier molecular flexibility index (Phi) is 5.12. The molecule has 20 heavy (non-hydrogen) atoms. The van der Waals surface area contributed by atoms with Crippen LogP contribution in [0.5, 0.6) is 0 Å². The summed E-state index contributed by atoms with van der Waals surface area (Å²) in [4.78, 5) is 16.5. The lowest BCUT2D eigenvalue weighted by molar-refractivity contribution is -0.129. The topological polar surface area (TPSA) is 63.2 Å². The van der Waals surface area contributed by atoms with E-state index < -0.39 is 0 Å². The van der Waals surface area contributed by atoms with Crippen LogP contribution in [0.4, 0.5) is 5.13 Å². The summed E-state index contributed by atoms with van der Waals surface area (Å²) in [6, 6.07) is 0.207. The fourth-order valence-corrected chi connectivity index (χ4v) is 3.25. The standard InChI is InChI=1S/C14H23N3O2S/c1-4-15-10(2)11-9-20-13(16-11)17-12(18)8-14(19-3)6-5-7-14/h9-10,15H,4-8H2,1-3H3,(H,16,17,18). The van der Waals surface area contributed by atoms with Gasteiger partial charge in [-0.1, -0.05) is 6.92 Å². The van der Waals surface area contributed by atoms with Crippen LogP contribution in [0.25, 0.3) is 0 Å². The molecule has 1 aliphatic carbocycles. The van der Waals surface area contributed by atoms with Crippen molar-refractivity contribution < 1.29 is 9.53 Å². The fourth-order valence-electron chi connectivity index (χ4n) is 2.43. The highest BCUT2D eigenvalue weighted by molar-refractivity contribution is 7.13. The predicted molar refractivity (Wildman–Crippen MR) is 81.0 cm³/mol. The first-order valence-electron chi connectivity index (χ1n) is 7.12. The van der Waals surface area contributed by atoms with E-state index in [4.69, 9.17) is 4.74 Å². The zero-order valence-electron chi connectivity index (χ0n) is 12.4.